The zero-order valence-corrected chi connectivity index (χ0v) is 12.8. The first-order chi connectivity index (χ1) is 9.54. The molecule has 1 aliphatic rings. The van der Waals surface area contributed by atoms with Crippen LogP contribution in [-0.4, -0.2) is 5.91 Å². The van der Waals surface area contributed by atoms with Gasteiger partial charge in [-0.1, -0.05) is 39.7 Å². The highest BCUT2D eigenvalue weighted by molar-refractivity contribution is 9.10. The second kappa shape index (κ2) is 5.20. The summed E-state index contributed by atoms with van der Waals surface area (Å²) in [6, 6.07) is 11.1. The topological polar surface area (TPSA) is 55.1 Å². The molecule has 0 saturated carbocycles. The van der Waals surface area contributed by atoms with Crippen LogP contribution in [0, 0.1) is 0 Å². The molecule has 2 aromatic carbocycles. The Bertz CT molecular complexity index is 702. The Morgan fingerprint density at radius 1 is 1.25 bits per heavy atom. The summed E-state index contributed by atoms with van der Waals surface area (Å²) in [5.41, 5.74) is 10.1. The minimum absolute atomic E-state index is 0.0228. The molecule has 1 atom stereocenters. The average Bonchev–Trinajstić information content (AvgIpc) is 2.79. The van der Waals surface area contributed by atoms with Crippen molar-refractivity contribution in [1.82, 2.24) is 0 Å². The molecule has 1 aliphatic heterocycles. The molecule has 5 heteroatoms. The van der Waals surface area contributed by atoms with Crippen LogP contribution in [0.1, 0.15) is 22.7 Å². The molecule has 0 fully saturated rings. The van der Waals surface area contributed by atoms with Gasteiger partial charge in [-0.15, -0.1) is 0 Å². The maximum atomic E-state index is 11.4. The minimum Gasteiger partial charge on any atom is -0.326 e. The second-order valence-electron chi connectivity index (χ2n) is 4.79. The molecule has 3 rings (SSSR count). The van der Waals surface area contributed by atoms with Crippen LogP contribution in [0.5, 0.6) is 0 Å². The Morgan fingerprint density at radius 3 is 2.85 bits per heavy atom. The number of carbonyl (C=O) groups is 1. The molecule has 1 amide bonds. The maximum absolute atomic E-state index is 11.4. The van der Waals surface area contributed by atoms with Gasteiger partial charge in [0.2, 0.25) is 5.91 Å². The number of benzene rings is 2. The standard InChI is InChI=1S/C15H12BrClN2O/c16-12-3-2-10(17)7-11(12)15(18)8-1-4-13-9(5-8)6-14(20)19-13/h1-5,7,15H,6,18H2,(H,19,20). The SMILES string of the molecule is NC(c1ccc2c(c1)CC(=O)N2)c1cc(Cl)ccc1Br. The first-order valence-electron chi connectivity index (χ1n) is 6.18. The molecule has 0 saturated heterocycles. The van der Waals surface area contributed by atoms with Crippen LogP contribution in [-0.2, 0) is 11.2 Å². The molecule has 3 nitrogen and oxygen atoms in total. The lowest BCUT2D eigenvalue weighted by molar-refractivity contribution is -0.115. The quantitative estimate of drug-likeness (QED) is 0.868. The number of hydrogen-bond donors (Lipinski definition) is 2. The van der Waals surface area contributed by atoms with Gasteiger partial charge >= 0.3 is 0 Å². The summed E-state index contributed by atoms with van der Waals surface area (Å²) in [7, 11) is 0. The van der Waals surface area contributed by atoms with Crippen LogP contribution in [0.4, 0.5) is 5.69 Å². The van der Waals surface area contributed by atoms with Crippen molar-refractivity contribution in [1.29, 1.82) is 0 Å². The Hall–Kier alpha value is -1.36. The first-order valence-corrected chi connectivity index (χ1v) is 7.35. The molecule has 0 aliphatic carbocycles. The van der Waals surface area contributed by atoms with Crippen molar-refractivity contribution in [3.63, 3.8) is 0 Å². The second-order valence-corrected chi connectivity index (χ2v) is 6.08. The zero-order valence-electron chi connectivity index (χ0n) is 10.5. The third-order valence-electron chi connectivity index (χ3n) is 3.41. The van der Waals surface area contributed by atoms with E-state index in [-0.39, 0.29) is 11.9 Å². The van der Waals surface area contributed by atoms with Gasteiger partial charge in [-0.05, 0) is 41.0 Å². The van der Waals surface area contributed by atoms with E-state index in [1.165, 1.54) is 0 Å². The Labute approximate surface area is 130 Å². The zero-order chi connectivity index (χ0) is 14.3. The van der Waals surface area contributed by atoms with E-state index < -0.39 is 0 Å². The largest absolute Gasteiger partial charge is 0.326 e. The lowest BCUT2D eigenvalue weighted by Gasteiger charge is -2.15. The molecule has 0 aromatic heterocycles. The van der Waals surface area contributed by atoms with Gasteiger partial charge in [-0.25, -0.2) is 0 Å². The monoisotopic (exact) mass is 350 g/mol. The third-order valence-corrected chi connectivity index (χ3v) is 4.36. The number of amides is 1. The molecular formula is C15H12BrClN2O. The van der Waals surface area contributed by atoms with Crippen LogP contribution < -0.4 is 11.1 Å². The van der Waals surface area contributed by atoms with E-state index in [4.69, 9.17) is 17.3 Å². The predicted molar refractivity (Wildman–Crippen MR) is 84.0 cm³/mol. The summed E-state index contributed by atoms with van der Waals surface area (Å²) in [6.45, 7) is 0. The fraction of sp³-hybridized carbons (Fsp3) is 0.133. The van der Waals surface area contributed by atoms with Crippen LogP contribution in [0.25, 0.3) is 0 Å². The molecule has 3 N–H and O–H groups in total. The van der Waals surface area contributed by atoms with Gasteiger partial charge in [-0.3, -0.25) is 4.79 Å². The van der Waals surface area contributed by atoms with E-state index in [2.05, 4.69) is 21.2 Å². The number of carbonyl (C=O) groups excluding carboxylic acids is 1. The van der Waals surface area contributed by atoms with Crippen LogP contribution in [0.15, 0.2) is 40.9 Å². The van der Waals surface area contributed by atoms with Gasteiger partial charge in [-0.2, -0.15) is 0 Å². The lowest BCUT2D eigenvalue weighted by atomic mass is 9.97. The van der Waals surface area contributed by atoms with Gasteiger partial charge in [0.15, 0.2) is 0 Å². The number of nitrogens with two attached hydrogens (primary N) is 1. The van der Waals surface area contributed by atoms with Crippen molar-refractivity contribution in [3.8, 4) is 0 Å². The summed E-state index contributed by atoms with van der Waals surface area (Å²) in [4.78, 5) is 11.4. The van der Waals surface area contributed by atoms with E-state index in [0.717, 1.165) is 26.9 Å². The minimum atomic E-state index is -0.288. The van der Waals surface area contributed by atoms with Crippen molar-refractivity contribution in [2.75, 3.05) is 5.32 Å². The van der Waals surface area contributed by atoms with E-state index >= 15 is 0 Å². The van der Waals surface area contributed by atoms with Gasteiger partial charge in [0.05, 0.1) is 12.5 Å². The summed E-state index contributed by atoms with van der Waals surface area (Å²) in [5.74, 6) is 0.0228. The normalized spacial score (nSPS) is 14.8. The lowest BCUT2D eigenvalue weighted by Crippen LogP contribution is -2.12. The van der Waals surface area contributed by atoms with E-state index in [9.17, 15) is 4.79 Å². The highest BCUT2D eigenvalue weighted by Gasteiger charge is 2.20. The average molecular weight is 352 g/mol. The molecule has 20 heavy (non-hydrogen) atoms. The highest BCUT2D eigenvalue weighted by Crippen LogP contribution is 2.32. The smallest absolute Gasteiger partial charge is 0.228 e. The van der Waals surface area contributed by atoms with E-state index in [0.29, 0.717) is 11.4 Å². The summed E-state index contributed by atoms with van der Waals surface area (Å²) < 4.78 is 0.920. The molecule has 2 aromatic rings. The molecule has 1 heterocycles. The summed E-state index contributed by atoms with van der Waals surface area (Å²) in [6.07, 6.45) is 0.409. The number of anilines is 1. The summed E-state index contributed by atoms with van der Waals surface area (Å²) in [5, 5.41) is 3.46. The number of halogens is 2. The summed E-state index contributed by atoms with van der Waals surface area (Å²) >= 11 is 9.53. The number of rotatable bonds is 2. The van der Waals surface area contributed by atoms with E-state index in [1.807, 2.05) is 36.4 Å². The van der Waals surface area contributed by atoms with Crippen LogP contribution in [0.2, 0.25) is 5.02 Å². The van der Waals surface area contributed by atoms with E-state index in [1.54, 1.807) is 0 Å². The molecule has 0 bridgehead atoms. The fourth-order valence-corrected chi connectivity index (χ4v) is 3.05. The Morgan fingerprint density at radius 2 is 2.05 bits per heavy atom. The van der Waals surface area contributed by atoms with Crippen molar-refractivity contribution in [3.05, 3.63) is 62.6 Å². The predicted octanol–water partition coefficient (Wildman–Crippen LogP) is 3.65. The fourth-order valence-electron chi connectivity index (χ4n) is 2.38. The van der Waals surface area contributed by atoms with Crippen LogP contribution >= 0.6 is 27.5 Å². The Balaban J connectivity index is 1.99. The molecule has 0 radical (unpaired) electrons. The van der Waals surface area contributed by atoms with Crippen molar-refractivity contribution >= 4 is 39.1 Å². The van der Waals surface area contributed by atoms with Gasteiger partial charge in [0.25, 0.3) is 0 Å². The number of nitrogens with one attached hydrogen (secondary N) is 1. The Kier molecular flexibility index (Phi) is 3.54. The van der Waals surface area contributed by atoms with Crippen molar-refractivity contribution in [2.24, 2.45) is 5.73 Å². The van der Waals surface area contributed by atoms with Crippen molar-refractivity contribution < 1.29 is 4.79 Å². The number of fused-ring (bicyclic) bond motifs is 1. The maximum Gasteiger partial charge on any atom is 0.228 e. The molecule has 1 unspecified atom stereocenters. The first kappa shape index (κ1) is 13.6. The number of hydrogen-bond acceptors (Lipinski definition) is 2. The van der Waals surface area contributed by atoms with Crippen molar-refractivity contribution in [2.45, 2.75) is 12.5 Å². The van der Waals surface area contributed by atoms with Gasteiger partial charge < -0.3 is 11.1 Å². The van der Waals surface area contributed by atoms with Crippen LogP contribution in [0.3, 0.4) is 0 Å². The van der Waals surface area contributed by atoms with Gasteiger partial charge in [0.1, 0.15) is 0 Å². The third kappa shape index (κ3) is 2.46. The van der Waals surface area contributed by atoms with Gasteiger partial charge in [0, 0.05) is 15.2 Å². The molecular weight excluding hydrogens is 340 g/mol. The highest BCUT2D eigenvalue weighted by atomic mass is 79.9. The molecule has 0 spiro atoms. The molecule has 102 valence electrons.